The Kier molecular flexibility index (Phi) is 3.85. The van der Waals surface area contributed by atoms with Gasteiger partial charge in [-0.1, -0.05) is 26.7 Å². The highest BCUT2D eigenvalue weighted by atomic mass is 15.0. The van der Waals surface area contributed by atoms with Crippen LogP contribution in [0.3, 0.4) is 0 Å². The third kappa shape index (κ3) is 2.90. The Bertz CT molecular complexity index is 480. The van der Waals surface area contributed by atoms with Crippen LogP contribution in [0.2, 0.25) is 0 Å². The molecule has 2 rings (SSSR count). The van der Waals surface area contributed by atoms with Crippen LogP contribution in [0.4, 0.5) is 5.82 Å². The molecule has 2 aromatic heterocycles. The van der Waals surface area contributed by atoms with Gasteiger partial charge in [-0.15, -0.1) is 0 Å². The summed E-state index contributed by atoms with van der Waals surface area (Å²) in [6.45, 7) is 5.40. The predicted molar refractivity (Wildman–Crippen MR) is 69.9 cm³/mol. The fourth-order valence-electron chi connectivity index (χ4n) is 1.78. The van der Waals surface area contributed by atoms with E-state index >= 15 is 0 Å². The molecule has 2 heterocycles. The molecule has 0 unspecified atom stereocenters. The molecule has 0 aromatic carbocycles. The van der Waals surface area contributed by atoms with Gasteiger partial charge in [0.2, 0.25) is 0 Å². The zero-order chi connectivity index (χ0) is 12.1. The van der Waals surface area contributed by atoms with Gasteiger partial charge < -0.3 is 5.32 Å². The van der Waals surface area contributed by atoms with Gasteiger partial charge >= 0.3 is 0 Å². The number of nitrogens with one attached hydrogen (secondary N) is 1. The second-order valence-electron chi connectivity index (χ2n) is 4.16. The predicted octanol–water partition coefficient (Wildman–Crippen LogP) is 2.87. The summed E-state index contributed by atoms with van der Waals surface area (Å²) >= 11 is 0. The molecule has 1 N–H and O–H groups in total. The molecular weight excluding hydrogens is 212 g/mol. The van der Waals surface area contributed by atoms with Crippen molar-refractivity contribution < 1.29 is 0 Å². The highest BCUT2D eigenvalue weighted by Gasteiger charge is 2.04. The number of fused-ring (bicyclic) bond motifs is 1. The number of aromatic nitrogens is 3. The van der Waals surface area contributed by atoms with Crippen LogP contribution in [-0.4, -0.2) is 21.5 Å². The Morgan fingerprint density at radius 2 is 1.88 bits per heavy atom. The molecule has 0 radical (unpaired) electrons. The average Bonchev–Trinajstić information content (AvgIpc) is 2.40. The smallest absolute Gasteiger partial charge is 0.180 e. The van der Waals surface area contributed by atoms with Gasteiger partial charge in [0.25, 0.3) is 0 Å². The third-order valence-corrected chi connectivity index (χ3v) is 3.06. The van der Waals surface area contributed by atoms with Crippen molar-refractivity contribution in [1.29, 1.82) is 0 Å². The Morgan fingerprint density at radius 3 is 2.65 bits per heavy atom. The van der Waals surface area contributed by atoms with Crippen LogP contribution in [0, 0.1) is 5.92 Å². The molecule has 17 heavy (non-hydrogen) atoms. The van der Waals surface area contributed by atoms with Gasteiger partial charge in [0, 0.05) is 18.9 Å². The van der Waals surface area contributed by atoms with Crippen molar-refractivity contribution in [3.8, 4) is 0 Å². The van der Waals surface area contributed by atoms with Gasteiger partial charge in [-0.3, -0.25) is 4.98 Å². The summed E-state index contributed by atoms with van der Waals surface area (Å²) in [6, 6.07) is 3.91. The Labute approximate surface area is 102 Å². The number of pyridine rings is 1. The zero-order valence-corrected chi connectivity index (χ0v) is 10.3. The topological polar surface area (TPSA) is 50.7 Å². The van der Waals surface area contributed by atoms with Crippen molar-refractivity contribution in [3.05, 3.63) is 24.5 Å². The normalized spacial score (nSPS) is 11.0. The molecular formula is C13H18N4. The molecule has 0 aliphatic carbocycles. The van der Waals surface area contributed by atoms with Crippen LogP contribution in [0.15, 0.2) is 24.5 Å². The second-order valence-corrected chi connectivity index (χ2v) is 4.16. The fourth-order valence-corrected chi connectivity index (χ4v) is 1.78. The first-order chi connectivity index (χ1) is 8.33. The highest BCUT2D eigenvalue weighted by molar-refractivity contribution is 5.71. The SMILES string of the molecule is CCC(CC)CNc1ccc2nccnc2n1. The van der Waals surface area contributed by atoms with Crippen LogP contribution in [-0.2, 0) is 0 Å². The van der Waals surface area contributed by atoms with Gasteiger partial charge in [-0.2, -0.15) is 0 Å². The molecule has 0 saturated carbocycles. The van der Waals surface area contributed by atoms with Crippen molar-refractivity contribution in [2.75, 3.05) is 11.9 Å². The standard InChI is InChI=1S/C13H18N4/c1-3-10(4-2)9-16-12-6-5-11-13(17-12)15-8-7-14-11/h5-8,10H,3-4,9H2,1-2H3,(H,15,16,17). The summed E-state index contributed by atoms with van der Waals surface area (Å²) in [5, 5.41) is 3.36. The third-order valence-electron chi connectivity index (χ3n) is 3.06. The molecule has 0 bridgehead atoms. The molecule has 0 fully saturated rings. The Balaban J connectivity index is 2.09. The Morgan fingerprint density at radius 1 is 1.12 bits per heavy atom. The van der Waals surface area contributed by atoms with Crippen molar-refractivity contribution in [2.24, 2.45) is 5.92 Å². The number of hydrogen-bond acceptors (Lipinski definition) is 4. The van der Waals surface area contributed by atoms with Crippen LogP contribution in [0.1, 0.15) is 26.7 Å². The molecule has 0 saturated heterocycles. The summed E-state index contributed by atoms with van der Waals surface area (Å²) in [6.07, 6.45) is 5.73. The second kappa shape index (κ2) is 5.57. The summed E-state index contributed by atoms with van der Waals surface area (Å²) in [5.41, 5.74) is 1.53. The molecule has 0 spiro atoms. The maximum Gasteiger partial charge on any atom is 0.180 e. The summed E-state index contributed by atoms with van der Waals surface area (Å²) in [5.74, 6) is 1.58. The Hall–Kier alpha value is -1.71. The van der Waals surface area contributed by atoms with E-state index in [1.165, 1.54) is 12.8 Å². The monoisotopic (exact) mass is 230 g/mol. The number of rotatable bonds is 5. The minimum atomic E-state index is 0.696. The van der Waals surface area contributed by atoms with Crippen LogP contribution in [0.25, 0.3) is 11.2 Å². The lowest BCUT2D eigenvalue weighted by Crippen LogP contribution is -2.13. The van der Waals surface area contributed by atoms with Gasteiger partial charge in [0.1, 0.15) is 11.3 Å². The van der Waals surface area contributed by atoms with Gasteiger partial charge in [0.15, 0.2) is 5.65 Å². The van der Waals surface area contributed by atoms with E-state index in [1.807, 2.05) is 12.1 Å². The van der Waals surface area contributed by atoms with Crippen LogP contribution >= 0.6 is 0 Å². The first-order valence-electron chi connectivity index (χ1n) is 6.15. The van der Waals surface area contributed by atoms with E-state index in [4.69, 9.17) is 0 Å². The van der Waals surface area contributed by atoms with Crippen molar-refractivity contribution in [2.45, 2.75) is 26.7 Å². The number of anilines is 1. The van der Waals surface area contributed by atoms with Gasteiger partial charge in [-0.25, -0.2) is 9.97 Å². The van der Waals surface area contributed by atoms with E-state index < -0.39 is 0 Å². The van der Waals surface area contributed by atoms with E-state index in [0.29, 0.717) is 11.6 Å². The van der Waals surface area contributed by atoms with Crippen molar-refractivity contribution in [3.63, 3.8) is 0 Å². The summed E-state index contributed by atoms with van der Waals surface area (Å²) < 4.78 is 0. The maximum atomic E-state index is 4.43. The first kappa shape index (κ1) is 11.8. The molecule has 90 valence electrons. The molecule has 2 aromatic rings. The van der Waals surface area contributed by atoms with Gasteiger partial charge in [0.05, 0.1) is 0 Å². The molecule has 4 heteroatoms. The van der Waals surface area contributed by atoms with E-state index in [0.717, 1.165) is 17.9 Å². The lowest BCUT2D eigenvalue weighted by Gasteiger charge is -2.13. The average molecular weight is 230 g/mol. The molecule has 0 aliphatic heterocycles. The van der Waals surface area contributed by atoms with Crippen molar-refractivity contribution in [1.82, 2.24) is 15.0 Å². The largest absolute Gasteiger partial charge is 0.370 e. The molecule has 0 amide bonds. The lowest BCUT2D eigenvalue weighted by molar-refractivity contribution is 0.518. The molecule has 4 nitrogen and oxygen atoms in total. The van der Waals surface area contributed by atoms with E-state index in [1.54, 1.807) is 12.4 Å². The number of nitrogens with zero attached hydrogens (tertiary/aromatic N) is 3. The summed E-state index contributed by atoms with van der Waals surface area (Å²) in [7, 11) is 0. The lowest BCUT2D eigenvalue weighted by atomic mass is 10.0. The van der Waals surface area contributed by atoms with Gasteiger partial charge in [-0.05, 0) is 18.1 Å². The molecule has 0 atom stereocenters. The first-order valence-corrected chi connectivity index (χ1v) is 6.15. The van der Waals surface area contributed by atoms with E-state index in [-0.39, 0.29) is 0 Å². The maximum absolute atomic E-state index is 4.43. The van der Waals surface area contributed by atoms with Crippen LogP contribution in [0.5, 0.6) is 0 Å². The van der Waals surface area contributed by atoms with E-state index in [9.17, 15) is 0 Å². The van der Waals surface area contributed by atoms with Crippen molar-refractivity contribution >= 4 is 17.0 Å². The van der Waals surface area contributed by atoms with E-state index in [2.05, 4.69) is 34.1 Å². The zero-order valence-electron chi connectivity index (χ0n) is 10.3. The quantitative estimate of drug-likeness (QED) is 0.858. The minimum Gasteiger partial charge on any atom is -0.370 e. The number of hydrogen-bond donors (Lipinski definition) is 1. The molecule has 0 aliphatic rings. The minimum absolute atomic E-state index is 0.696. The fraction of sp³-hybridized carbons (Fsp3) is 0.462. The highest BCUT2D eigenvalue weighted by Crippen LogP contribution is 2.12. The summed E-state index contributed by atoms with van der Waals surface area (Å²) in [4.78, 5) is 12.8. The van der Waals surface area contributed by atoms with Crippen LogP contribution < -0.4 is 5.32 Å².